The molecule has 0 radical (unpaired) electrons. The fourth-order valence-electron chi connectivity index (χ4n) is 2.68. The van der Waals surface area contributed by atoms with Gasteiger partial charge in [-0.2, -0.15) is 0 Å². The van der Waals surface area contributed by atoms with Crippen LogP contribution in [0.3, 0.4) is 0 Å². The van der Waals surface area contributed by atoms with Crippen molar-refractivity contribution in [2.75, 3.05) is 13.2 Å². The second-order valence-electron chi connectivity index (χ2n) is 5.75. The van der Waals surface area contributed by atoms with Crippen LogP contribution < -0.4 is 15.4 Å². The Balaban J connectivity index is 0.00000225. The topological polar surface area (TPSA) is 59.6 Å². The molecule has 2 aromatic rings. The molecule has 3 rings (SSSR count). The lowest BCUT2D eigenvalue weighted by atomic mass is 10.1. The number of hydrogen-bond donors (Lipinski definition) is 2. The average Bonchev–Trinajstić information content (AvgIpc) is 2.62. The van der Waals surface area contributed by atoms with Crippen LogP contribution in [0.2, 0.25) is 0 Å². The number of amides is 1. The van der Waals surface area contributed by atoms with Gasteiger partial charge in [-0.15, -0.1) is 12.4 Å². The Morgan fingerprint density at radius 3 is 2.68 bits per heavy atom. The molecule has 0 aliphatic carbocycles. The van der Waals surface area contributed by atoms with Crippen LogP contribution in [0.15, 0.2) is 54.6 Å². The maximum absolute atomic E-state index is 12.4. The first-order chi connectivity index (χ1) is 11.7. The van der Waals surface area contributed by atoms with Crippen LogP contribution >= 0.6 is 12.4 Å². The third-order valence-corrected chi connectivity index (χ3v) is 4.00. The summed E-state index contributed by atoms with van der Waals surface area (Å²) in [5.41, 5.74) is 0.930. The molecule has 1 amide bonds. The molecule has 1 heterocycles. The Bertz CT molecular complexity index is 681. The standard InChI is InChI=1S/C19H22N2O3.ClH/c1-14-18(20-11-12-23-14)19(22)21-13-15-7-5-6-10-17(15)24-16-8-3-2-4-9-16;/h2-10,14,18,20H,11-13H2,1H3,(H,21,22);1H/t14-,18+;/m1./s1. The fraction of sp³-hybridized carbons (Fsp3) is 0.316. The fourth-order valence-corrected chi connectivity index (χ4v) is 2.68. The lowest BCUT2D eigenvalue weighted by molar-refractivity contribution is -0.129. The smallest absolute Gasteiger partial charge is 0.240 e. The maximum Gasteiger partial charge on any atom is 0.240 e. The zero-order valence-corrected chi connectivity index (χ0v) is 14.9. The van der Waals surface area contributed by atoms with E-state index in [1.54, 1.807) is 0 Å². The summed E-state index contributed by atoms with van der Waals surface area (Å²) in [5, 5.41) is 6.15. The zero-order chi connectivity index (χ0) is 16.8. The highest BCUT2D eigenvalue weighted by Crippen LogP contribution is 2.24. The van der Waals surface area contributed by atoms with Gasteiger partial charge in [-0.1, -0.05) is 36.4 Å². The summed E-state index contributed by atoms with van der Waals surface area (Å²) < 4.78 is 11.4. The Labute approximate surface area is 154 Å². The van der Waals surface area contributed by atoms with E-state index < -0.39 is 0 Å². The van der Waals surface area contributed by atoms with Crippen molar-refractivity contribution in [2.45, 2.75) is 25.6 Å². The zero-order valence-electron chi connectivity index (χ0n) is 14.1. The summed E-state index contributed by atoms with van der Waals surface area (Å²) in [6.45, 7) is 3.64. The molecule has 25 heavy (non-hydrogen) atoms. The van der Waals surface area contributed by atoms with E-state index in [1.807, 2.05) is 61.5 Å². The molecular formula is C19H23ClN2O3. The molecule has 2 N–H and O–H groups in total. The third-order valence-electron chi connectivity index (χ3n) is 4.00. The molecule has 0 bridgehead atoms. The molecule has 2 aromatic carbocycles. The van der Waals surface area contributed by atoms with Gasteiger partial charge in [-0.3, -0.25) is 4.79 Å². The molecule has 0 unspecified atom stereocenters. The highest BCUT2D eigenvalue weighted by Gasteiger charge is 2.28. The van der Waals surface area contributed by atoms with Crippen molar-refractivity contribution in [1.82, 2.24) is 10.6 Å². The number of benzene rings is 2. The summed E-state index contributed by atoms with van der Waals surface area (Å²) in [7, 11) is 0. The minimum atomic E-state index is -0.319. The van der Waals surface area contributed by atoms with E-state index in [4.69, 9.17) is 9.47 Å². The van der Waals surface area contributed by atoms with Crippen molar-refractivity contribution < 1.29 is 14.3 Å². The van der Waals surface area contributed by atoms with Gasteiger partial charge in [0.1, 0.15) is 17.5 Å². The van der Waals surface area contributed by atoms with Gasteiger partial charge in [0.2, 0.25) is 5.91 Å². The van der Waals surface area contributed by atoms with Crippen LogP contribution in [0.1, 0.15) is 12.5 Å². The van der Waals surface area contributed by atoms with Crippen molar-refractivity contribution in [3.63, 3.8) is 0 Å². The van der Waals surface area contributed by atoms with E-state index in [0.717, 1.165) is 17.1 Å². The summed E-state index contributed by atoms with van der Waals surface area (Å²) in [5.74, 6) is 1.45. The van der Waals surface area contributed by atoms with Crippen molar-refractivity contribution >= 4 is 18.3 Å². The first kappa shape index (κ1) is 19.2. The molecule has 0 saturated carbocycles. The Morgan fingerprint density at radius 1 is 1.20 bits per heavy atom. The van der Waals surface area contributed by atoms with Crippen molar-refractivity contribution in [3.8, 4) is 11.5 Å². The molecule has 0 aromatic heterocycles. The van der Waals surface area contributed by atoms with Crippen LogP contribution in [0.5, 0.6) is 11.5 Å². The monoisotopic (exact) mass is 362 g/mol. The molecule has 1 fully saturated rings. The van der Waals surface area contributed by atoms with Crippen LogP contribution in [-0.2, 0) is 16.1 Å². The SMILES string of the molecule is C[C@H]1OCCN[C@@H]1C(=O)NCc1ccccc1Oc1ccccc1.Cl. The predicted octanol–water partition coefficient (Wildman–Crippen LogP) is 2.89. The highest BCUT2D eigenvalue weighted by molar-refractivity contribution is 5.85. The second-order valence-corrected chi connectivity index (χ2v) is 5.75. The van der Waals surface area contributed by atoms with Gasteiger partial charge in [-0.25, -0.2) is 0 Å². The van der Waals surface area contributed by atoms with Gasteiger partial charge in [0, 0.05) is 18.7 Å². The Morgan fingerprint density at radius 2 is 1.92 bits per heavy atom. The van der Waals surface area contributed by atoms with Gasteiger partial charge >= 0.3 is 0 Å². The van der Waals surface area contributed by atoms with E-state index in [-0.39, 0.29) is 30.5 Å². The van der Waals surface area contributed by atoms with Crippen molar-refractivity contribution in [2.24, 2.45) is 0 Å². The number of halogens is 1. The summed E-state index contributed by atoms with van der Waals surface area (Å²) >= 11 is 0. The maximum atomic E-state index is 12.4. The van der Waals surface area contributed by atoms with E-state index in [2.05, 4.69) is 10.6 Å². The minimum absolute atomic E-state index is 0. The van der Waals surface area contributed by atoms with Gasteiger partial charge in [0.15, 0.2) is 0 Å². The lowest BCUT2D eigenvalue weighted by Crippen LogP contribution is -2.55. The largest absolute Gasteiger partial charge is 0.457 e. The number of nitrogens with one attached hydrogen (secondary N) is 2. The molecule has 134 valence electrons. The lowest BCUT2D eigenvalue weighted by Gasteiger charge is -2.29. The average molecular weight is 363 g/mol. The quantitative estimate of drug-likeness (QED) is 0.858. The first-order valence-corrected chi connectivity index (χ1v) is 8.17. The van der Waals surface area contributed by atoms with Gasteiger partial charge in [0.05, 0.1) is 12.7 Å². The van der Waals surface area contributed by atoms with Crippen LogP contribution in [-0.4, -0.2) is 31.2 Å². The number of morpholine rings is 1. The molecule has 0 spiro atoms. The van der Waals surface area contributed by atoms with E-state index >= 15 is 0 Å². The third kappa shape index (κ3) is 5.19. The highest BCUT2D eigenvalue weighted by atomic mass is 35.5. The molecule has 2 atom stereocenters. The number of hydrogen-bond acceptors (Lipinski definition) is 4. The Hall–Kier alpha value is -2.08. The van der Waals surface area contributed by atoms with E-state index in [0.29, 0.717) is 19.7 Å². The predicted molar refractivity (Wildman–Crippen MR) is 99.3 cm³/mol. The minimum Gasteiger partial charge on any atom is -0.457 e. The van der Waals surface area contributed by atoms with Crippen LogP contribution in [0.25, 0.3) is 0 Å². The summed E-state index contributed by atoms with van der Waals surface area (Å²) in [6, 6.07) is 17.0. The van der Waals surface area contributed by atoms with Crippen LogP contribution in [0.4, 0.5) is 0 Å². The number of carbonyl (C=O) groups is 1. The van der Waals surface area contributed by atoms with Crippen LogP contribution in [0, 0.1) is 0 Å². The van der Waals surface area contributed by atoms with Crippen molar-refractivity contribution in [3.05, 3.63) is 60.2 Å². The molecule has 1 aliphatic rings. The summed E-state index contributed by atoms with van der Waals surface area (Å²) in [4.78, 5) is 12.4. The molecule has 1 aliphatic heterocycles. The van der Waals surface area contributed by atoms with Crippen molar-refractivity contribution in [1.29, 1.82) is 0 Å². The molecule has 5 nitrogen and oxygen atoms in total. The number of carbonyl (C=O) groups excluding carboxylic acids is 1. The number of para-hydroxylation sites is 2. The van der Waals surface area contributed by atoms with E-state index in [9.17, 15) is 4.79 Å². The van der Waals surface area contributed by atoms with Gasteiger partial charge < -0.3 is 20.1 Å². The Kier molecular flexibility index (Phi) is 7.25. The molecular weight excluding hydrogens is 340 g/mol. The van der Waals surface area contributed by atoms with Gasteiger partial charge in [-0.05, 0) is 25.1 Å². The number of ether oxygens (including phenoxy) is 2. The molecule has 1 saturated heterocycles. The first-order valence-electron chi connectivity index (χ1n) is 8.17. The van der Waals surface area contributed by atoms with E-state index in [1.165, 1.54) is 0 Å². The normalized spacial score (nSPS) is 19.6. The molecule has 6 heteroatoms. The number of rotatable bonds is 5. The second kappa shape index (κ2) is 9.42. The summed E-state index contributed by atoms with van der Waals surface area (Å²) in [6.07, 6.45) is -0.130. The van der Waals surface area contributed by atoms with Gasteiger partial charge in [0.25, 0.3) is 0 Å².